The molecule has 9 heteroatoms. The fourth-order valence-electron chi connectivity index (χ4n) is 2.21. The number of rotatable bonds is 2. The van der Waals surface area contributed by atoms with Gasteiger partial charge < -0.3 is 9.73 Å². The van der Waals surface area contributed by atoms with Crippen LogP contribution in [0.15, 0.2) is 50.0 Å². The van der Waals surface area contributed by atoms with Gasteiger partial charge in [-0.1, -0.05) is 0 Å². The number of hydrogen-bond donors (Lipinski definition) is 2. The van der Waals surface area contributed by atoms with Crippen LogP contribution in [0.3, 0.4) is 0 Å². The van der Waals surface area contributed by atoms with Gasteiger partial charge in [-0.15, -0.1) is 11.3 Å². The van der Waals surface area contributed by atoms with Gasteiger partial charge >= 0.3 is 5.76 Å². The van der Waals surface area contributed by atoms with E-state index in [1.54, 1.807) is 29.8 Å². The molecule has 1 amide bonds. The largest absolute Gasteiger partial charge is 0.417 e. The third kappa shape index (κ3) is 2.23. The summed E-state index contributed by atoms with van der Waals surface area (Å²) in [4.78, 5) is 42.7. The average molecular weight is 328 g/mol. The van der Waals surface area contributed by atoms with E-state index in [1.165, 1.54) is 21.9 Å². The number of carbonyl (C=O) groups excluding carboxylic acids is 1. The van der Waals surface area contributed by atoms with Crippen molar-refractivity contribution in [3.05, 3.63) is 62.4 Å². The second-order valence-corrected chi connectivity index (χ2v) is 5.59. The Hall–Kier alpha value is -3.20. The van der Waals surface area contributed by atoms with Crippen LogP contribution in [0.4, 0.5) is 5.69 Å². The van der Waals surface area contributed by atoms with Crippen molar-refractivity contribution in [3.63, 3.8) is 0 Å². The highest BCUT2D eigenvalue weighted by molar-refractivity contribution is 7.15. The van der Waals surface area contributed by atoms with Gasteiger partial charge in [0.25, 0.3) is 11.5 Å². The molecule has 1 aromatic carbocycles. The minimum atomic E-state index is -0.576. The van der Waals surface area contributed by atoms with E-state index in [0.717, 1.165) is 0 Å². The summed E-state index contributed by atoms with van der Waals surface area (Å²) in [7, 11) is 0. The van der Waals surface area contributed by atoms with Crippen LogP contribution in [0.1, 0.15) is 10.4 Å². The standard InChI is InChI=1S/C14H8N4O4S/c19-11(8-6-15-13-18(12(8)20)3-4-23-13)16-7-1-2-10-9(5-7)17-14(21)22-10/h1-6H,(H,16,19)(H,17,21). The molecule has 8 nitrogen and oxygen atoms in total. The molecule has 3 aromatic heterocycles. The topological polar surface area (TPSA) is 109 Å². The number of carbonyl (C=O) groups is 1. The van der Waals surface area contributed by atoms with Crippen LogP contribution < -0.4 is 16.6 Å². The molecule has 0 radical (unpaired) electrons. The summed E-state index contributed by atoms with van der Waals surface area (Å²) in [5.41, 5.74) is 0.757. The zero-order valence-electron chi connectivity index (χ0n) is 11.4. The summed E-state index contributed by atoms with van der Waals surface area (Å²) < 4.78 is 6.20. The Morgan fingerprint density at radius 2 is 2.22 bits per heavy atom. The quantitative estimate of drug-likeness (QED) is 0.579. The van der Waals surface area contributed by atoms with E-state index in [4.69, 9.17) is 4.42 Å². The first-order chi connectivity index (χ1) is 11.1. The van der Waals surface area contributed by atoms with Crippen molar-refractivity contribution in [1.82, 2.24) is 14.4 Å². The number of anilines is 1. The Morgan fingerprint density at radius 3 is 3.09 bits per heavy atom. The van der Waals surface area contributed by atoms with Gasteiger partial charge in [-0.3, -0.25) is 19.0 Å². The van der Waals surface area contributed by atoms with Crippen LogP contribution in [0.5, 0.6) is 0 Å². The monoisotopic (exact) mass is 328 g/mol. The third-order valence-electron chi connectivity index (χ3n) is 3.26. The number of hydrogen-bond acceptors (Lipinski definition) is 6. The molecule has 0 spiro atoms. The summed E-state index contributed by atoms with van der Waals surface area (Å²) >= 11 is 1.31. The van der Waals surface area contributed by atoms with Crippen molar-refractivity contribution in [1.29, 1.82) is 0 Å². The molecule has 0 aliphatic carbocycles. The molecule has 0 saturated heterocycles. The summed E-state index contributed by atoms with van der Waals surface area (Å²) in [6.07, 6.45) is 2.82. The van der Waals surface area contributed by atoms with E-state index in [-0.39, 0.29) is 5.56 Å². The highest BCUT2D eigenvalue weighted by Crippen LogP contribution is 2.16. The van der Waals surface area contributed by atoms with Gasteiger partial charge in [0.2, 0.25) is 0 Å². The van der Waals surface area contributed by atoms with E-state index in [1.807, 2.05) is 0 Å². The van der Waals surface area contributed by atoms with Crippen LogP contribution in [-0.2, 0) is 0 Å². The highest BCUT2D eigenvalue weighted by Gasteiger charge is 2.14. The minimum absolute atomic E-state index is 0.0679. The van der Waals surface area contributed by atoms with Gasteiger partial charge in [-0.05, 0) is 18.2 Å². The van der Waals surface area contributed by atoms with Crippen molar-refractivity contribution < 1.29 is 9.21 Å². The van der Waals surface area contributed by atoms with E-state index < -0.39 is 17.2 Å². The Bertz CT molecular complexity index is 1170. The molecular formula is C14H8N4O4S. The number of nitrogens with zero attached hydrogens (tertiary/aromatic N) is 2. The maximum absolute atomic E-state index is 12.3. The maximum atomic E-state index is 12.3. The van der Waals surface area contributed by atoms with Gasteiger partial charge in [0.15, 0.2) is 10.5 Å². The molecule has 23 heavy (non-hydrogen) atoms. The lowest BCUT2D eigenvalue weighted by molar-refractivity contribution is 0.102. The Kier molecular flexibility index (Phi) is 2.88. The van der Waals surface area contributed by atoms with Crippen molar-refractivity contribution in [2.24, 2.45) is 0 Å². The van der Waals surface area contributed by atoms with Crippen molar-refractivity contribution >= 4 is 39.0 Å². The second-order valence-electron chi connectivity index (χ2n) is 4.71. The molecule has 0 bridgehead atoms. The lowest BCUT2D eigenvalue weighted by atomic mass is 10.2. The van der Waals surface area contributed by atoms with Crippen molar-refractivity contribution in [3.8, 4) is 0 Å². The number of nitrogens with one attached hydrogen (secondary N) is 2. The molecule has 4 aromatic rings. The Labute approximate surface area is 131 Å². The zero-order chi connectivity index (χ0) is 16.0. The number of amides is 1. The molecule has 0 atom stereocenters. The van der Waals surface area contributed by atoms with Crippen LogP contribution in [0.2, 0.25) is 0 Å². The lowest BCUT2D eigenvalue weighted by Gasteiger charge is -2.04. The molecule has 4 rings (SSSR count). The van der Waals surface area contributed by atoms with Crippen LogP contribution in [0, 0.1) is 0 Å². The summed E-state index contributed by atoms with van der Waals surface area (Å²) in [5.74, 6) is -1.15. The molecule has 0 unspecified atom stereocenters. The Morgan fingerprint density at radius 1 is 1.35 bits per heavy atom. The van der Waals surface area contributed by atoms with Gasteiger partial charge in [-0.2, -0.15) is 0 Å². The predicted molar refractivity (Wildman–Crippen MR) is 84.1 cm³/mol. The maximum Gasteiger partial charge on any atom is 0.417 e. The number of benzene rings is 1. The first kappa shape index (κ1) is 13.5. The third-order valence-corrected chi connectivity index (χ3v) is 4.03. The van der Waals surface area contributed by atoms with Gasteiger partial charge in [0.1, 0.15) is 5.56 Å². The number of fused-ring (bicyclic) bond motifs is 2. The first-order valence-electron chi connectivity index (χ1n) is 6.51. The highest BCUT2D eigenvalue weighted by atomic mass is 32.1. The molecule has 0 fully saturated rings. The average Bonchev–Trinajstić information content (AvgIpc) is 3.12. The molecule has 0 aliphatic heterocycles. The number of aromatic nitrogens is 3. The first-order valence-corrected chi connectivity index (χ1v) is 7.39. The zero-order valence-corrected chi connectivity index (χ0v) is 12.2. The van der Waals surface area contributed by atoms with Crippen molar-refractivity contribution in [2.75, 3.05) is 5.32 Å². The van der Waals surface area contributed by atoms with Crippen LogP contribution in [-0.4, -0.2) is 20.3 Å². The molecule has 114 valence electrons. The van der Waals surface area contributed by atoms with Crippen LogP contribution in [0.25, 0.3) is 16.1 Å². The van der Waals surface area contributed by atoms with E-state index in [0.29, 0.717) is 21.7 Å². The van der Waals surface area contributed by atoms with E-state index in [9.17, 15) is 14.4 Å². The molecule has 0 aliphatic rings. The summed E-state index contributed by atoms with van der Waals surface area (Å²) in [6.45, 7) is 0. The van der Waals surface area contributed by atoms with Gasteiger partial charge in [0, 0.05) is 23.5 Å². The SMILES string of the molecule is O=C(Nc1ccc2oc(=O)[nH]c2c1)c1cnc2sccn2c1=O. The number of aromatic amines is 1. The molecule has 3 heterocycles. The van der Waals surface area contributed by atoms with E-state index in [2.05, 4.69) is 15.3 Å². The summed E-state index contributed by atoms with van der Waals surface area (Å²) in [6, 6.07) is 4.67. The van der Waals surface area contributed by atoms with Crippen molar-refractivity contribution in [2.45, 2.75) is 0 Å². The number of thiazole rings is 1. The predicted octanol–water partition coefficient (Wildman–Crippen LogP) is 1.44. The normalized spacial score (nSPS) is 11.1. The fraction of sp³-hybridized carbons (Fsp3) is 0. The molecular weight excluding hydrogens is 320 g/mol. The van der Waals surface area contributed by atoms with Gasteiger partial charge in [-0.25, -0.2) is 9.78 Å². The number of oxazole rings is 1. The summed E-state index contributed by atoms with van der Waals surface area (Å²) in [5, 5.41) is 4.32. The van der Waals surface area contributed by atoms with Gasteiger partial charge in [0.05, 0.1) is 5.52 Å². The fourth-order valence-corrected chi connectivity index (χ4v) is 2.88. The van der Waals surface area contributed by atoms with Crippen LogP contribution >= 0.6 is 11.3 Å². The molecule has 0 saturated carbocycles. The van der Waals surface area contributed by atoms with E-state index >= 15 is 0 Å². The second kappa shape index (κ2) is 4.92. The Balaban J connectivity index is 1.71. The minimum Gasteiger partial charge on any atom is -0.408 e. The smallest absolute Gasteiger partial charge is 0.408 e. The molecule has 2 N–H and O–H groups in total. The lowest BCUT2D eigenvalue weighted by Crippen LogP contribution is -2.25. The number of H-pyrrole nitrogens is 1.